The summed E-state index contributed by atoms with van der Waals surface area (Å²) in [6.45, 7) is 4.29. The van der Waals surface area contributed by atoms with Gasteiger partial charge in [-0.25, -0.2) is 0 Å². The van der Waals surface area contributed by atoms with E-state index in [-0.39, 0.29) is 0 Å². The molecule has 0 aliphatic rings. The Kier molecular flexibility index (Phi) is 3.11. The van der Waals surface area contributed by atoms with E-state index in [1.54, 1.807) is 0 Å². The molecule has 0 heterocycles. The van der Waals surface area contributed by atoms with Gasteiger partial charge in [-0.2, -0.15) is 0 Å². The second-order valence-electron chi connectivity index (χ2n) is 3.10. The van der Waals surface area contributed by atoms with Crippen LogP contribution in [0.15, 0.2) is 18.2 Å². The van der Waals surface area contributed by atoms with E-state index in [0.29, 0.717) is 5.66 Å². The molecular weight excluding hydrogens is 165 g/mol. The maximum Gasteiger partial charge on any atom is 0.0346 e. The Hall–Kier alpha value is -0.550. The minimum Gasteiger partial charge on any atom is -0.399 e. The Morgan fingerprint density at radius 1 is 1.50 bits per heavy atom. The van der Waals surface area contributed by atoms with Crippen molar-refractivity contribution in [2.45, 2.75) is 25.9 Å². The smallest absolute Gasteiger partial charge is 0.0346 e. The summed E-state index contributed by atoms with van der Waals surface area (Å²) in [7, 11) is 2.79. The van der Waals surface area contributed by atoms with Gasteiger partial charge in [-0.3, -0.25) is 0 Å². The first-order chi connectivity index (χ1) is 5.65. The standard InChI is InChI=1S/C10H16NP/c1-3-8-6-9(7(2)12)4-5-10(8)11/h4-7H,3,11-12H2,1-2H3/t7-/m0/s1. The van der Waals surface area contributed by atoms with Gasteiger partial charge in [0.05, 0.1) is 0 Å². The number of aryl methyl sites for hydroxylation is 1. The zero-order valence-corrected chi connectivity index (χ0v) is 8.83. The summed E-state index contributed by atoms with van der Waals surface area (Å²) in [5.74, 6) is 0. The van der Waals surface area contributed by atoms with E-state index in [1.807, 2.05) is 6.07 Å². The first-order valence-electron chi connectivity index (χ1n) is 4.29. The van der Waals surface area contributed by atoms with Crippen LogP contribution in [0.4, 0.5) is 5.69 Å². The second-order valence-corrected chi connectivity index (χ2v) is 4.10. The van der Waals surface area contributed by atoms with Crippen molar-refractivity contribution < 1.29 is 0 Å². The topological polar surface area (TPSA) is 26.0 Å². The molecule has 0 radical (unpaired) electrons. The molecule has 1 nitrogen and oxygen atoms in total. The van der Waals surface area contributed by atoms with E-state index in [1.165, 1.54) is 11.1 Å². The van der Waals surface area contributed by atoms with Crippen molar-refractivity contribution in [1.82, 2.24) is 0 Å². The molecule has 0 saturated heterocycles. The summed E-state index contributed by atoms with van der Waals surface area (Å²) in [6, 6.07) is 6.27. The molecule has 2 atom stereocenters. The van der Waals surface area contributed by atoms with Crippen LogP contribution in [0.2, 0.25) is 0 Å². The van der Waals surface area contributed by atoms with Crippen molar-refractivity contribution in [3.63, 3.8) is 0 Å². The summed E-state index contributed by atoms with van der Waals surface area (Å²) in [6.07, 6.45) is 1.01. The zero-order valence-electron chi connectivity index (χ0n) is 7.67. The van der Waals surface area contributed by atoms with Crippen molar-refractivity contribution in [1.29, 1.82) is 0 Å². The predicted molar refractivity (Wildman–Crippen MR) is 58.4 cm³/mol. The Labute approximate surface area is 76.6 Å². The van der Waals surface area contributed by atoms with Gasteiger partial charge in [-0.05, 0) is 29.3 Å². The molecule has 66 valence electrons. The van der Waals surface area contributed by atoms with Gasteiger partial charge in [0.2, 0.25) is 0 Å². The summed E-state index contributed by atoms with van der Waals surface area (Å²) in [5, 5.41) is 0. The highest BCUT2D eigenvalue weighted by Gasteiger charge is 2.01. The van der Waals surface area contributed by atoms with Gasteiger partial charge in [0.25, 0.3) is 0 Å². The third-order valence-electron chi connectivity index (χ3n) is 2.07. The van der Waals surface area contributed by atoms with Gasteiger partial charge < -0.3 is 5.73 Å². The van der Waals surface area contributed by atoms with Gasteiger partial charge in [-0.1, -0.05) is 26.0 Å². The van der Waals surface area contributed by atoms with Gasteiger partial charge in [-0.15, -0.1) is 9.24 Å². The molecule has 1 rings (SSSR count). The molecule has 0 aromatic heterocycles. The molecule has 1 unspecified atom stereocenters. The number of nitrogens with two attached hydrogens (primary N) is 1. The van der Waals surface area contributed by atoms with Crippen LogP contribution in [0.5, 0.6) is 0 Å². The molecule has 0 fully saturated rings. The van der Waals surface area contributed by atoms with Crippen LogP contribution in [0.3, 0.4) is 0 Å². The average Bonchev–Trinajstić information content (AvgIpc) is 2.05. The van der Waals surface area contributed by atoms with E-state index >= 15 is 0 Å². The normalized spacial score (nSPS) is 12.9. The van der Waals surface area contributed by atoms with E-state index in [0.717, 1.165) is 12.1 Å². The third kappa shape index (κ3) is 1.98. The number of benzene rings is 1. The van der Waals surface area contributed by atoms with Crippen molar-refractivity contribution in [2.24, 2.45) is 0 Å². The van der Waals surface area contributed by atoms with E-state index < -0.39 is 0 Å². The molecule has 2 N–H and O–H groups in total. The Bertz CT molecular complexity index is 269. The molecule has 0 amide bonds. The molecule has 2 heteroatoms. The summed E-state index contributed by atoms with van der Waals surface area (Å²) in [4.78, 5) is 0. The quantitative estimate of drug-likeness (QED) is 0.551. The minimum absolute atomic E-state index is 0.510. The number of hydrogen-bond donors (Lipinski definition) is 1. The highest BCUT2D eigenvalue weighted by molar-refractivity contribution is 7.17. The molecule has 0 bridgehead atoms. The van der Waals surface area contributed by atoms with Gasteiger partial charge in [0.1, 0.15) is 0 Å². The number of hydrogen-bond acceptors (Lipinski definition) is 1. The fourth-order valence-corrected chi connectivity index (χ4v) is 1.42. The second kappa shape index (κ2) is 3.91. The Balaban J connectivity index is 3.05. The first kappa shape index (κ1) is 9.54. The van der Waals surface area contributed by atoms with E-state index in [2.05, 4.69) is 35.2 Å². The lowest BCUT2D eigenvalue weighted by Crippen LogP contribution is -1.94. The lowest BCUT2D eigenvalue weighted by molar-refractivity contribution is 1.07. The SMILES string of the molecule is CCc1cc([C@H](C)P)ccc1N. The molecule has 0 saturated carbocycles. The van der Waals surface area contributed by atoms with E-state index in [4.69, 9.17) is 5.73 Å². The maximum absolute atomic E-state index is 5.79. The highest BCUT2D eigenvalue weighted by atomic mass is 31.0. The fraction of sp³-hybridized carbons (Fsp3) is 0.400. The lowest BCUT2D eigenvalue weighted by Gasteiger charge is -2.09. The van der Waals surface area contributed by atoms with Crippen molar-refractivity contribution in [3.05, 3.63) is 29.3 Å². The number of rotatable bonds is 2. The van der Waals surface area contributed by atoms with Gasteiger partial charge in [0, 0.05) is 5.69 Å². The minimum atomic E-state index is 0.510. The average molecular weight is 181 g/mol. The van der Waals surface area contributed by atoms with Crippen molar-refractivity contribution >= 4 is 14.9 Å². The predicted octanol–water partition coefficient (Wildman–Crippen LogP) is 2.77. The molecule has 12 heavy (non-hydrogen) atoms. The first-order valence-corrected chi connectivity index (χ1v) is 4.95. The van der Waals surface area contributed by atoms with Crippen LogP contribution in [-0.2, 0) is 6.42 Å². The lowest BCUT2D eigenvalue weighted by atomic mass is 10.1. The molecule has 0 spiro atoms. The van der Waals surface area contributed by atoms with Crippen LogP contribution in [0.1, 0.15) is 30.6 Å². The number of anilines is 1. The van der Waals surface area contributed by atoms with Crippen molar-refractivity contribution in [3.8, 4) is 0 Å². The van der Waals surface area contributed by atoms with Crippen molar-refractivity contribution in [2.75, 3.05) is 5.73 Å². The summed E-state index contributed by atoms with van der Waals surface area (Å²) >= 11 is 0. The largest absolute Gasteiger partial charge is 0.399 e. The van der Waals surface area contributed by atoms with Crippen LogP contribution < -0.4 is 5.73 Å². The van der Waals surface area contributed by atoms with Crippen LogP contribution in [0, 0.1) is 0 Å². The molecule has 1 aromatic rings. The van der Waals surface area contributed by atoms with Crippen LogP contribution in [-0.4, -0.2) is 0 Å². The van der Waals surface area contributed by atoms with Crippen LogP contribution in [0.25, 0.3) is 0 Å². The molecule has 0 aliphatic heterocycles. The highest BCUT2D eigenvalue weighted by Crippen LogP contribution is 2.25. The van der Waals surface area contributed by atoms with E-state index in [9.17, 15) is 0 Å². The molecule has 0 aliphatic carbocycles. The maximum atomic E-state index is 5.79. The van der Waals surface area contributed by atoms with Gasteiger partial charge in [0.15, 0.2) is 0 Å². The number of nitrogen functional groups attached to an aromatic ring is 1. The Morgan fingerprint density at radius 3 is 2.67 bits per heavy atom. The zero-order chi connectivity index (χ0) is 9.14. The summed E-state index contributed by atoms with van der Waals surface area (Å²) in [5.41, 5.74) is 9.80. The fourth-order valence-electron chi connectivity index (χ4n) is 1.22. The molecular formula is C10H16NP. The monoisotopic (exact) mass is 181 g/mol. The Morgan fingerprint density at radius 2 is 2.17 bits per heavy atom. The van der Waals surface area contributed by atoms with Crippen LogP contribution >= 0.6 is 9.24 Å². The van der Waals surface area contributed by atoms with Gasteiger partial charge >= 0.3 is 0 Å². The molecule has 1 aromatic carbocycles. The summed E-state index contributed by atoms with van der Waals surface area (Å²) < 4.78 is 0. The third-order valence-corrected chi connectivity index (χ3v) is 2.46.